The van der Waals surface area contributed by atoms with Gasteiger partial charge in [0.15, 0.2) is 11.5 Å². The first-order chi connectivity index (χ1) is 12.5. The summed E-state index contributed by atoms with van der Waals surface area (Å²) in [5.41, 5.74) is 1.55. The zero-order valence-electron chi connectivity index (χ0n) is 13.9. The molecule has 0 atom stereocenters. The molecule has 1 aliphatic heterocycles. The zero-order valence-corrected chi connectivity index (χ0v) is 16.3. The smallest absolute Gasteiger partial charge is 0.293 e. The summed E-state index contributed by atoms with van der Waals surface area (Å²) < 4.78 is 5.85. The summed E-state index contributed by atoms with van der Waals surface area (Å²) in [5.74, 6) is -0.0103. The Labute approximate surface area is 163 Å². The number of phenols is 1. The molecular formula is C19H16BrNO4S. The summed E-state index contributed by atoms with van der Waals surface area (Å²) in [6.07, 6.45) is 1.63. The largest absolute Gasteiger partial charge is 0.503 e. The number of rotatable bonds is 5. The number of aromatic hydroxyl groups is 1. The van der Waals surface area contributed by atoms with E-state index in [-0.39, 0.29) is 23.4 Å². The van der Waals surface area contributed by atoms with E-state index < -0.39 is 0 Å². The zero-order chi connectivity index (χ0) is 18.7. The van der Waals surface area contributed by atoms with Gasteiger partial charge in [-0.05, 0) is 64.0 Å². The van der Waals surface area contributed by atoms with E-state index in [1.165, 1.54) is 4.90 Å². The first kappa shape index (κ1) is 18.5. The predicted octanol–water partition coefficient (Wildman–Crippen LogP) is 4.79. The Bertz CT molecular complexity index is 883. The third-order valence-electron chi connectivity index (χ3n) is 3.71. The Kier molecular flexibility index (Phi) is 5.68. The quantitative estimate of drug-likeness (QED) is 0.686. The third kappa shape index (κ3) is 3.94. The number of thioether (sulfide) groups is 1. The van der Waals surface area contributed by atoms with Gasteiger partial charge in [-0.3, -0.25) is 14.5 Å². The molecule has 0 bridgehead atoms. The van der Waals surface area contributed by atoms with E-state index in [4.69, 9.17) is 4.74 Å². The first-order valence-electron chi connectivity index (χ1n) is 7.94. The number of amides is 2. The van der Waals surface area contributed by atoms with E-state index >= 15 is 0 Å². The maximum Gasteiger partial charge on any atom is 0.293 e. The maximum absolute atomic E-state index is 12.6. The fraction of sp³-hybridized carbons (Fsp3) is 0.158. The lowest BCUT2D eigenvalue weighted by atomic mass is 10.1. The lowest BCUT2D eigenvalue weighted by molar-refractivity contribution is -0.123. The molecule has 2 amide bonds. The molecule has 0 aromatic heterocycles. The van der Waals surface area contributed by atoms with Crippen LogP contribution in [0.25, 0.3) is 6.08 Å². The molecular weight excluding hydrogens is 418 g/mol. The molecule has 7 heteroatoms. The van der Waals surface area contributed by atoms with Crippen LogP contribution < -0.4 is 4.74 Å². The molecule has 1 saturated heterocycles. The van der Waals surface area contributed by atoms with Crippen LogP contribution in [0.5, 0.6) is 11.5 Å². The number of benzene rings is 2. The van der Waals surface area contributed by atoms with Gasteiger partial charge in [0.2, 0.25) is 0 Å². The van der Waals surface area contributed by atoms with Crippen molar-refractivity contribution in [2.75, 3.05) is 6.61 Å². The van der Waals surface area contributed by atoms with E-state index in [0.717, 1.165) is 17.3 Å². The highest BCUT2D eigenvalue weighted by atomic mass is 79.9. The van der Waals surface area contributed by atoms with Crippen LogP contribution in [0.2, 0.25) is 0 Å². The monoisotopic (exact) mass is 433 g/mol. The molecule has 3 rings (SSSR count). The average Bonchev–Trinajstić information content (AvgIpc) is 2.88. The molecule has 0 aliphatic carbocycles. The summed E-state index contributed by atoms with van der Waals surface area (Å²) in [5, 5.41) is 9.69. The summed E-state index contributed by atoms with van der Waals surface area (Å²) >= 11 is 4.18. The highest BCUT2D eigenvalue weighted by Gasteiger charge is 2.35. The normalized spacial score (nSPS) is 15.8. The number of phenolic OH excluding ortho intramolecular Hbond substituents is 1. The number of hydrogen-bond donors (Lipinski definition) is 1. The Balaban J connectivity index is 1.86. The van der Waals surface area contributed by atoms with Gasteiger partial charge in [-0.2, -0.15) is 0 Å². The van der Waals surface area contributed by atoms with Crippen molar-refractivity contribution in [1.29, 1.82) is 0 Å². The summed E-state index contributed by atoms with van der Waals surface area (Å²) in [4.78, 5) is 26.4. The van der Waals surface area contributed by atoms with Crippen molar-refractivity contribution in [3.05, 3.63) is 63.0 Å². The molecule has 1 fully saturated rings. The van der Waals surface area contributed by atoms with Crippen molar-refractivity contribution < 1.29 is 19.4 Å². The minimum atomic E-state index is -0.328. The van der Waals surface area contributed by atoms with Crippen LogP contribution >= 0.6 is 27.7 Å². The van der Waals surface area contributed by atoms with Crippen LogP contribution in [0.3, 0.4) is 0 Å². The van der Waals surface area contributed by atoms with Gasteiger partial charge < -0.3 is 9.84 Å². The fourth-order valence-corrected chi connectivity index (χ4v) is 3.79. The SMILES string of the molecule is CCOc1cc(/C=C2\SC(=O)N(Cc3ccccc3)C2=O)cc(Br)c1O. The molecule has 1 N–H and O–H groups in total. The van der Waals surface area contributed by atoms with Crippen molar-refractivity contribution in [2.45, 2.75) is 13.5 Å². The highest BCUT2D eigenvalue weighted by molar-refractivity contribution is 9.10. The van der Waals surface area contributed by atoms with Crippen molar-refractivity contribution in [2.24, 2.45) is 0 Å². The number of imide groups is 1. The van der Waals surface area contributed by atoms with Gasteiger partial charge in [-0.1, -0.05) is 30.3 Å². The van der Waals surface area contributed by atoms with Gasteiger partial charge in [-0.15, -0.1) is 0 Å². The van der Waals surface area contributed by atoms with Crippen molar-refractivity contribution in [3.63, 3.8) is 0 Å². The van der Waals surface area contributed by atoms with Gasteiger partial charge in [0.05, 0.1) is 22.5 Å². The predicted molar refractivity (Wildman–Crippen MR) is 105 cm³/mol. The topological polar surface area (TPSA) is 66.8 Å². The Morgan fingerprint density at radius 2 is 1.96 bits per heavy atom. The van der Waals surface area contributed by atoms with Gasteiger partial charge >= 0.3 is 0 Å². The van der Waals surface area contributed by atoms with Crippen molar-refractivity contribution in [1.82, 2.24) is 4.90 Å². The number of nitrogens with zero attached hydrogens (tertiary/aromatic N) is 1. The second-order valence-electron chi connectivity index (χ2n) is 5.54. The molecule has 0 spiro atoms. The van der Waals surface area contributed by atoms with E-state index in [1.54, 1.807) is 18.2 Å². The number of ether oxygens (including phenoxy) is 1. The van der Waals surface area contributed by atoms with Crippen LogP contribution in [-0.2, 0) is 11.3 Å². The molecule has 5 nitrogen and oxygen atoms in total. The van der Waals surface area contributed by atoms with Crippen LogP contribution in [0, 0.1) is 0 Å². The van der Waals surface area contributed by atoms with E-state index in [9.17, 15) is 14.7 Å². The minimum absolute atomic E-state index is 0.00109. The first-order valence-corrected chi connectivity index (χ1v) is 9.55. The Morgan fingerprint density at radius 3 is 2.65 bits per heavy atom. The second-order valence-corrected chi connectivity index (χ2v) is 7.38. The number of carbonyl (C=O) groups is 2. The highest BCUT2D eigenvalue weighted by Crippen LogP contribution is 2.38. The van der Waals surface area contributed by atoms with Crippen molar-refractivity contribution >= 4 is 44.9 Å². The van der Waals surface area contributed by atoms with Gasteiger partial charge in [0.25, 0.3) is 11.1 Å². The molecule has 1 aliphatic rings. The number of hydrogen-bond acceptors (Lipinski definition) is 5. The lowest BCUT2D eigenvalue weighted by Gasteiger charge is -2.12. The Hall–Kier alpha value is -2.25. The molecule has 1 heterocycles. The molecule has 0 saturated carbocycles. The third-order valence-corrected chi connectivity index (χ3v) is 5.22. The fourth-order valence-electron chi connectivity index (χ4n) is 2.50. The Morgan fingerprint density at radius 1 is 1.23 bits per heavy atom. The standard InChI is InChI=1S/C19H16BrNO4S/c1-2-25-15-9-13(8-14(20)17(15)22)10-16-18(23)21(19(24)26-16)11-12-6-4-3-5-7-12/h3-10,22H,2,11H2,1H3/b16-10-. The van der Waals surface area contributed by atoms with Crippen LogP contribution in [-0.4, -0.2) is 27.8 Å². The second kappa shape index (κ2) is 7.97. The van der Waals surface area contributed by atoms with E-state index in [1.807, 2.05) is 37.3 Å². The molecule has 0 unspecified atom stereocenters. The molecule has 26 heavy (non-hydrogen) atoms. The number of carbonyl (C=O) groups excluding carboxylic acids is 2. The lowest BCUT2D eigenvalue weighted by Crippen LogP contribution is -2.27. The minimum Gasteiger partial charge on any atom is -0.503 e. The maximum atomic E-state index is 12.6. The number of halogens is 1. The molecule has 2 aromatic rings. The molecule has 0 radical (unpaired) electrons. The summed E-state index contributed by atoms with van der Waals surface area (Å²) in [6.45, 7) is 2.46. The van der Waals surface area contributed by atoms with Crippen LogP contribution in [0.1, 0.15) is 18.1 Å². The average molecular weight is 434 g/mol. The van der Waals surface area contributed by atoms with E-state index in [0.29, 0.717) is 27.3 Å². The van der Waals surface area contributed by atoms with Gasteiger partial charge in [0.1, 0.15) is 0 Å². The van der Waals surface area contributed by atoms with Crippen LogP contribution in [0.4, 0.5) is 4.79 Å². The molecule has 2 aromatic carbocycles. The van der Waals surface area contributed by atoms with Crippen LogP contribution in [0.15, 0.2) is 51.8 Å². The van der Waals surface area contributed by atoms with Gasteiger partial charge in [-0.25, -0.2) is 0 Å². The summed E-state index contributed by atoms with van der Waals surface area (Å²) in [7, 11) is 0. The summed E-state index contributed by atoms with van der Waals surface area (Å²) in [6, 6.07) is 12.7. The van der Waals surface area contributed by atoms with Crippen molar-refractivity contribution in [3.8, 4) is 11.5 Å². The molecule has 134 valence electrons. The van der Waals surface area contributed by atoms with Gasteiger partial charge in [0, 0.05) is 0 Å². The van der Waals surface area contributed by atoms with E-state index in [2.05, 4.69) is 15.9 Å².